The first-order chi connectivity index (χ1) is 12.1. The monoisotopic (exact) mass is 346 g/mol. The van der Waals surface area contributed by atoms with Crippen molar-refractivity contribution in [2.24, 2.45) is 0 Å². The van der Waals surface area contributed by atoms with Crippen LogP contribution in [0.25, 0.3) is 0 Å². The molecule has 9 heteroatoms. The molecule has 2 amide bonds. The Morgan fingerprint density at radius 1 is 1.20 bits per heavy atom. The van der Waals surface area contributed by atoms with Crippen molar-refractivity contribution in [3.63, 3.8) is 0 Å². The summed E-state index contributed by atoms with van der Waals surface area (Å²) in [7, 11) is 0. The molecule has 0 unspecified atom stereocenters. The summed E-state index contributed by atoms with van der Waals surface area (Å²) in [5.41, 5.74) is 0.989. The maximum atomic E-state index is 13.5. The van der Waals surface area contributed by atoms with Gasteiger partial charge in [0.25, 0.3) is 0 Å². The Bertz CT molecular complexity index is 854. The first-order valence-corrected chi connectivity index (χ1v) is 7.13. The van der Waals surface area contributed by atoms with Crippen molar-refractivity contribution in [2.45, 2.75) is 6.54 Å². The second-order valence-electron chi connectivity index (χ2n) is 4.86. The fourth-order valence-electron chi connectivity index (χ4n) is 1.86. The summed E-state index contributed by atoms with van der Waals surface area (Å²) < 4.78 is 36.2. The lowest BCUT2D eigenvalue weighted by molar-refractivity contribution is 0.251. The number of benzene rings is 1. The van der Waals surface area contributed by atoms with Gasteiger partial charge in [-0.15, -0.1) is 0 Å². The highest BCUT2D eigenvalue weighted by Gasteiger charge is 2.08. The minimum Gasteiger partial charge on any atom is -0.436 e. The van der Waals surface area contributed by atoms with Crippen molar-refractivity contribution < 1.29 is 22.8 Å². The van der Waals surface area contributed by atoms with Crippen molar-refractivity contribution in [1.82, 2.24) is 15.5 Å². The van der Waals surface area contributed by atoms with Crippen molar-refractivity contribution in [1.29, 1.82) is 0 Å². The van der Waals surface area contributed by atoms with E-state index in [0.717, 1.165) is 12.1 Å². The van der Waals surface area contributed by atoms with Gasteiger partial charge in [-0.05, 0) is 18.2 Å². The molecule has 0 saturated carbocycles. The fourth-order valence-corrected chi connectivity index (χ4v) is 1.86. The number of amides is 2. The number of pyridine rings is 1. The maximum Gasteiger partial charge on any atom is 0.319 e. The normalized spacial score (nSPS) is 10.3. The minimum atomic E-state index is -0.837. The van der Waals surface area contributed by atoms with Gasteiger partial charge < -0.3 is 19.9 Å². The van der Waals surface area contributed by atoms with Crippen LogP contribution < -0.4 is 15.4 Å². The molecule has 0 aliphatic heterocycles. The summed E-state index contributed by atoms with van der Waals surface area (Å²) in [6.45, 7) is 0.209. The number of anilines is 1. The Morgan fingerprint density at radius 3 is 2.76 bits per heavy atom. The number of carbonyl (C=O) groups is 1. The highest BCUT2D eigenvalue weighted by Crippen LogP contribution is 2.24. The summed E-state index contributed by atoms with van der Waals surface area (Å²) >= 11 is 0. The number of hydrogen-bond acceptors (Lipinski definition) is 5. The summed E-state index contributed by atoms with van der Waals surface area (Å²) in [4.78, 5) is 15.7. The van der Waals surface area contributed by atoms with Crippen molar-refractivity contribution >= 4 is 11.7 Å². The lowest BCUT2D eigenvalue weighted by Crippen LogP contribution is -2.28. The van der Waals surface area contributed by atoms with Gasteiger partial charge in [0.15, 0.2) is 11.6 Å². The zero-order valence-corrected chi connectivity index (χ0v) is 12.7. The van der Waals surface area contributed by atoms with Gasteiger partial charge in [-0.2, -0.15) is 0 Å². The van der Waals surface area contributed by atoms with E-state index in [2.05, 4.69) is 25.3 Å². The van der Waals surface area contributed by atoms with Crippen molar-refractivity contribution in [3.8, 4) is 11.6 Å². The van der Waals surface area contributed by atoms with Gasteiger partial charge in [0.2, 0.25) is 5.88 Å². The predicted octanol–water partition coefficient (Wildman–Crippen LogP) is 3.46. The molecule has 3 aromatic rings. The van der Waals surface area contributed by atoms with Gasteiger partial charge in [-0.25, -0.2) is 18.6 Å². The summed E-state index contributed by atoms with van der Waals surface area (Å²) in [6.07, 6.45) is 2.74. The maximum absolute atomic E-state index is 13.5. The van der Waals surface area contributed by atoms with Gasteiger partial charge in [-0.1, -0.05) is 5.16 Å². The van der Waals surface area contributed by atoms with E-state index in [1.54, 1.807) is 6.07 Å². The molecule has 128 valence electrons. The zero-order valence-electron chi connectivity index (χ0n) is 12.7. The summed E-state index contributed by atoms with van der Waals surface area (Å²) in [5, 5.41) is 8.81. The molecule has 25 heavy (non-hydrogen) atoms. The molecule has 0 fully saturated rings. The van der Waals surface area contributed by atoms with E-state index in [1.165, 1.54) is 24.6 Å². The number of carbonyl (C=O) groups excluding carboxylic acids is 1. The molecule has 2 heterocycles. The second-order valence-corrected chi connectivity index (χ2v) is 4.86. The molecule has 2 N–H and O–H groups in total. The third-order valence-corrected chi connectivity index (χ3v) is 3.02. The molecule has 7 nitrogen and oxygen atoms in total. The molecule has 0 aliphatic rings. The van der Waals surface area contributed by atoms with Gasteiger partial charge in [0.05, 0.1) is 18.4 Å². The average molecular weight is 346 g/mol. The van der Waals surface area contributed by atoms with Crippen LogP contribution in [0.1, 0.15) is 5.69 Å². The van der Waals surface area contributed by atoms with Crippen LogP contribution in [0, 0.1) is 11.6 Å². The van der Waals surface area contributed by atoms with Crippen molar-refractivity contribution in [2.75, 3.05) is 5.32 Å². The average Bonchev–Trinajstić information content (AvgIpc) is 3.11. The first kappa shape index (κ1) is 16.4. The number of nitrogens with one attached hydrogen (secondary N) is 2. The molecular formula is C16H12F2N4O3. The van der Waals surface area contributed by atoms with E-state index in [9.17, 15) is 13.6 Å². The number of rotatable bonds is 5. The van der Waals surface area contributed by atoms with Crippen LogP contribution in [-0.4, -0.2) is 16.2 Å². The molecule has 0 bridgehead atoms. The SMILES string of the molecule is O=C(NCc1ccon1)Nc1ccc(Oc2ccc(F)cc2F)nc1. The molecule has 0 saturated heterocycles. The quantitative estimate of drug-likeness (QED) is 0.738. The van der Waals surface area contributed by atoms with Crippen LogP contribution in [0.4, 0.5) is 19.3 Å². The standard InChI is InChI=1S/C16H12F2N4O3/c17-10-1-3-14(13(18)7-10)25-15-4-2-11(8-19-15)21-16(23)20-9-12-5-6-24-22-12/h1-8H,9H2,(H2,20,21,23). The highest BCUT2D eigenvalue weighted by molar-refractivity contribution is 5.88. The highest BCUT2D eigenvalue weighted by atomic mass is 19.1. The summed E-state index contributed by atoms with van der Waals surface area (Å²) in [5.74, 6) is -1.59. The lowest BCUT2D eigenvalue weighted by atomic mass is 10.3. The number of nitrogens with zero attached hydrogens (tertiary/aromatic N) is 2. The van der Waals surface area contributed by atoms with Crippen LogP contribution in [-0.2, 0) is 6.54 Å². The Labute approximate surface area is 140 Å². The number of urea groups is 1. The van der Waals surface area contributed by atoms with E-state index in [0.29, 0.717) is 17.4 Å². The van der Waals surface area contributed by atoms with Gasteiger partial charge in [0, 0.05) is 18.2 Å². The largest absolute Gasteiger partial charge is 0.436 e. The minimum absolute atomic E-state index is 0.0964. The van der Waals surface area contributed by atoms with Crippen LogP contribution >= 0.6 is 0 Å². The van der Waals surface area contributed by atoms with Crippen LogP contribution in [0.3, 0.4) is 0 Å². The van der Waals surface area contributed by atoms with Crippen molar-refractivity contribution in [3.05, 3.63) is 66.2 Å². The molecule has 1 aromatic carbocycles. The molecule has 0 spiro atoms. The first-order valence-electron chi connectivity index (χ1n) is 7.13. The topological polar surface area (TPSA) is 89.3 Å². The molecule has 0 radical (unpaired) electrons. The number of aromatic nitrogens is 2. The van der Waals surface area contributed by atoms with Gasteiger partial charge in [0.1, 0.15) is 17.8 Å². The second kappa shape index (κ2) is 7.39. The third kappa shape index (κ3) is 4.50. The van der Waals surface area contributed by atoms with Crippen LogP contribution in [0.5, 0.6) is 11.6 Å². The Morgan fingerprint density at radius 2 is 2.08 bits per heavy atom. The third-order valence-electron chi connectivity index (χ3n) is 3.02. The number of hydrogen-bond donors (Lipinski definition) is 2. The van der Waals surface area contributed by atoms with E-state index >= 15 is 0 Å². The molecule has 3 rings (SSSR count). The van der Waals surface area contributed by atoms with E-state index in [-0.39, 0.29) is 18.2 Å². The Kier molecular flexibility index (Phi) is 4.84. The molecule has 0 aliphatic carbocycles. The lowest BCUT2D eigenvalue weighted by Gasteiger charge is -2.08. The molecule has 2 aromatic heterocycles. The number of halogens is 2. The molecule has 0 atom stereocenters. The predicted molar refractivity (Wildman–Crippen MR) is 83.0 cm³/mol. The fraction of sp³-hybridized carbons (Fsp3) is 0.0625. The number of ether oxygens (including phenoxy) is 1. The molecular weight excluding hydrogens is 334 g/mol. The Hall–Kier alpha value is -3.49. The van der Waals surface area contributed by atoms with Crippen LogP contribution in [0.2, 0.25) is 0 Å². The van der Waals surface area contributed by atoms with E-state index in [4.69, 9.17) is 4.74 Å². The Balaban J connectivity index is 1.55. The van der Waals surface area contributed by atoms with E-state index in [1.807, 2.05) is 0 Å². The zero-order chi connectivity index (χ0) is 17.6. The van der Waals surface area contributed by atoms with E-state index < -0.39 is 17.7 Å². The van der Waals surface area contributed by atoms with Gasteiger partial charge in [-0.3, -0.25) is 0 Å². The van der Waals surface area contributed by atoms with Gasteiger partial charge >= 0.3 is 6.03 Å². The van der Waals surface area contributed by atoms with Crippen LogP contribution in [0.15, 0.2) is 53.4 Å². The summed E-state index contributed by atoms with van der Waals surface area (Å²) in [6, 6.07) is 7.09. The smallest absolute Gasteiger partial charge is 0.319 e.